The number of nitrogens with one attached hydrogen (secondary N) is 1. The predicted octanol–water partition coefficient (Wildman–Crippen LogP) is 4.66. The van der Waals surface area contributed by atoms with Crippen LogP contribution in [0.4, 0.5) is 0 Å². The van der Waals surface area contributed by atoms with Crippen LogP contribution in [0.25, 0.3) is 0 Å². The van der Waals surface area contributed by atoms with Crippen LogP contribution in [0.2, 0.25) is 10.0 Å². The lowest BCUT2D eigenvalue weighted by Gasteiger charge is -2.26. The predicted molar refractivity (Wildman–Crippen MR) is 106 cm³/mol. The summed E-state index contributed by atoms with van der Waals surface area (Å²) in [6, 6.07) is 14.9. The van der Waals surface area contributed by atoms with E-state index in [1.807, 2.05) is 30.3 Å². The van der Waals surface area contributed by atoms with Crippen molar-refractivity contribution < 1.29 is 14.3 Å². The summed E-state index contributed by atoms with van der Waals surface area (Å²) in [4.78, 5) is 24.8. The Kier molecular flexibility index (Phi) is 6.19. The molecule has 2 aromatic carbocycles. The minimum atomic E-state index is -0.431. The number of hydrogen-bond acceptors (Lipinski definition) is 3. The lowest BCUT2D eigenvalue weighted by molar-refractivity contribution is -0.139. The second-order valence-electron chi connectivity index (χ2n) is 6.39. The molecule has 0 spiro atoms. The van der Waals surface area contributed by atoms with Crippen molar-refractivity contribution in [2.75, 3.05) is 6.61 Å². The zero-order chi connectivity index (χ0) is 19.4. The van der Waals surface area contributed by atoms with E-state index in [0.717, 1.165) is 11.1 Å². The van der Waals surface area contributed by atoms with Gasteiger partial charge in [-0.2, -0.15) is 0 Å². The van der Waals surface area contributed by atoms with Crippen molar-refractivity contribution >= 4 is 35.1 Å². The molecule has 140 valence electrons. The van der Waals surface area contributed by atoms with Gasteiger partial charge in [0, 0.05) is 24.5 Å². The number of ether oxygens (including phenoxy) is 1. The Bertz CT molecular complexity index is 894. The number of hydrogen-bond donors (Lipinski definition) is 1. The van der Waals surface area contributed by atoms with Gasteiger partial charge in [0.1, 0.15) is 0 Å². The second kappa shape index (κ2) is 8.59. The summed E-state index contributed by atoms with van der Waals surface area (Å²) in [5.74, 6) is -0.998. The third-order valence-electron chi connectivity index (χ3n) is 4.50. The Hall–Kier alpha value is -2.30. The first-order chi connectivity index (χ1) is 13.0. The first-order valence-electron chi connectivity index (χ1n) is 8.62. The minimum absolute atomic E-state index is 0.149. The van der Waals surface area contributed by atoms with Gasteiger partial charge in [-0.05, 0) is 30.2 Å². The van der Waals surface area contributed by atoms with Crippen molar-refractivity contribution in [2.24, 2.45) is 0 Å². The molecule has 0 aromatic heterocycles. The van der Waals surface area contributed by atoms with E-state index in [-0.39, 0.29) is 18.9 Å². The van der Waals surface area contributed by atoms with Crippen molar-refractivity contribution in [1.29, 1.82) is 0 Å². The van der Waals surface area contributed by atoms with Crippen LogP contribution in [0.15, 0.2) is 59.8 Å². The third kappa shape index (κ3) is 4.71. The highest BCUT2D eigenvalue weighted by molar-refractivity contribution is 6.42. The normalized spacial score (nSPS) is 16.9. The number of benzene rings is 2. The molecule has 4 nitrogen and oxygen atoms in total. The standard InChI is InChI=1S/C21H19Cl2NO3/c1-13-20(21(26)27-10-9-14-5-3-2-4-6-14)16(12-19(25)24-13)15-7-8-17(22)18(23)11-15/h2-8,11,16H,9-10,12H2,1H3,(H,24,25)/t16-/m0/s1. The fourth-order valence-corrected chi connectivity index (χ4v) is 3.48. The van der Waals surface area contributed by atoms with Crippen molar-refractivity contribution in [3.8, 4) is 0 Å². The van der Waals surface area contributed by atoms with Gasteiger partial charge in [0.05, 0.1) is 22.2 Å². The summed E-state index contributed by atoms with van der Waals surface area (Å²) in [6.07, 6.45) is 0.779. The SMILES string of the molecule is CC1=C(C(=O)OCCc2ccccc2)[C@H](c2ccc(Cl)c(Cl)c2)CC(=O)N1. The molecular formula is C21H19Cl2NO3. The Labute approximate surface area is 168 Å². The van der Waals surface area contributed by atoms with Gasteiger partial charge in [-0.15, -0.1) is 0 Å². The molecule has 0 unspecified atom stereocenters. The van der Waals surface area contributed by atoms with E-state index in [2.05, 4.69) is 5.32 Å². The summed E-state index contributed by atoms with van der Waals surface area (Å²) in [5, 5.41) is 3.53. The summed E-state index contributed by atoms with van der Waals surface area (Å²) in [5.41, 5.74) is 2.80. The van der Waals surface area contributed by atoms with Gasteiger partial charge in [0.25, 0.3) is 0 Å². The van der Waals surface area contributed by atoms with Crippen molar-refractivity contribution in [2.45, 2.75) is 25.7 Å². The lowest BCUT2D eigenvalue weighted by atomic mass is 9.84. The fourth-order valence-electron chi connectivity index (χ4n) is 3.17. The molecule has 1 aliphatic rings. The molecule has 2 aromatic rings. The summed E-state index contributed by atoms with van der Waals surface area (Å²) < 4.78 is 5.49. The number of esters is 1. The van der Waals surface area contributed by atoms with Crippen LogP contribution in [0.3, 0.4) is 0 Å². The van der Waals surface area contributed by atoms with Crippen LogP contribution in [-0.4, -0.2) is 18.5 Å². The number of halogens is 2. The van der Waals surface area contributed by atoms with Gasteiger partial charge in [-0.25, -0.2) is 4.79 Å². The van der Waals surface area contributed by atoms with Crippen molar-refractivity contribution in [3.63, 3.8) is 0 Å². The number of allylic oxidation sites excluding steroid dienone is 1. The highest BCUT2D eigenvalue weighted by atomic mass is 35.5. The molecule has 3 rings (SSSR count). The van der Waals surface area contributed by atoms with Crippen LogP contribution >= 0.6 is 23.2 Å². The first kappa shape index (κ1) is 19.5. The largest absolute Gasteiger partial charge is 0.462 e. The van der Waals surface area contributed by atoms with Crippen LogP contribution in [0.5, 0.6) is 0 Å². The molecule has 1 heterocycles. The third-order valence-corrected chi connectivity index (χ3v) is 5.24. The molecule has 1 N–H and O–H groups in total. The average molecular weight is 404 g/mol. The van der Waals surface area contributed by atoms with Crippen LogP contribution in [-0.2, 0) is 20.7 Å². The average Bonchev–Trinajstić information content (AvgIpc) is 2.64. The highest BCUT2D eigenvalue weighted by Gasteiger charge is 2.33. The number of carbonyl (C=O) groups is 2. The minimum Gasteiger partial charge on any atom is -0.462 e. The maximum absolute atomic E-state index is 12.8. The molecule has 0 saturated heterocycles. The van der Waals surface area contributed by atoms with E-state index in [1.165, 1.54) is 0 Å². The van der Waals surface area contributed by atoms with E-state index in [1.54, 1.807) is 25.1 Å². The summed E-state index contributed by atoms with van der Waals surface area (Å²) in [6.45, 7) is 1.97. The highest BCUT2D eigenvalue weighted by Crippen LogP contribution is 2.36. The van der Waals surface area contributed by atoms with Crippen LogP contribution in [0, 0.1) is 0 Å². The first-order valence-corrected chi connectivity index (χ1v) is 9.38. The molecule has 1 aliphatic heterocycles. The van der Waals surface area contributed by atoms with E-state index in [0.29, 0.717) is 27.7 Å². The van der Waals surface area contributed by atoms with E-state index in [4.69, 9.17) is 27.9 Å². The molecule has 0 bridgehead atoms. The van der Waals surface area contributed by atoms with Gasteiger partial charge >= 0.3 is 5.97 Å². The topological polar surface area (TPSA) is 55.4 Å². The summed E-state index contributed by atoms with van der Waals surface area (Å²) >= 11 is 12.1. The summed E-state index contributed by atoms with van der Waals surface area (Å²) in [7, 11) is 0. The van der Waals surface area contributed by atoms with E-state index < -0.39 is 11.9 Å². The van der Waals surface area contributed by atoms with E-state index >= 15 is 0 Å². The Morgan fingerprint density at radius 2 is 1.89 bits per heavy atom. The number of rotatable bonds is 5. The Morgan fingerprint density at radius 1 is 1.15 bits per heavy atom. The fraction of sp³-hybridized carbons (Fsp3) is 0.238. The maximum atomic E-state index is 12.8. The van der Waals surface area contributed by atoms with Crippen LogP contribution < -0.4 is 5.32 Å². The number of amides is 1. The lowest BCUT2D eigenvalue weighted by Crippen LogP contribution is -2.34. The molecule has 1 atom stereocenters. The van der Waals surface area contributed by atoms with Crippen molar-refractivity contribution in [3.05, 3.63) is 81.0 Å². The zero-order valence-electron chi connectivity index (χ0n) is 14.8. The van der Waals surface area contributed by atoms with Gasteiger partial charge in [0.2, 0.25) is 5.91 Å². The Morgan fingerprint density at radius 3 is 2.59 bits per heavy atom. The smallest absolute Gasteiger partial charge is 0.336 e. The van der Waals surface area contributed by atoms with Crippen molar-refractivity contribution in [1.82, 2.24) is 5.32 Å². The van der Waals surface area contributed by atoms with Gasteiger partial charge in [-0.3, -0.25) is 4.79 Å². The monoisotopic (exact) mass is 403 g/mol. The molecule has 0 aliphatic carbocycles. The van der Waals surface area contributed by atoms with Gasteiger partial charge in [-0.1, -0.05) is 59.6 Å². The molecule has 27 heavy (non-hydrogen) atoms. The maximum Gasteiger partial charge on any atom is 0.336 e. The quantitative estimate of drug-likeness (QED) is 0.738. The molecular weight excluding hydrogens is 385 g/mol. The molecule has 0 radical (unpaired) electrons. The van der Waals surface area contributed by atoms with Gasteiger partial charge < -0.3 is 10.1 Å². The Balaban J connectivity index is 1.78. The molecule has 0 fully saturated rings. The van der Waals surface area contributed by atoms with Gasteiger partial charge in [0.15, 0.2) is 0 Å². The molecule has 6 heteroatoms. The number of carbonyl (C=O) groups excluding carboxylic acids is 2. The van der Waals surface area contributed by atoms with Crippen LogP contribution in [0.1, 0.15) is 30.4 Å². The second-order valence-corrected chi connectivity index (χ2v) is 7.20. The zero-order valence-corrected chi connectivity index (χ0v) is 16.3. The molecule has 1 amide bonds. The molecule has 0 saturated carbocycles. The van der Waals surface area contributed by atoms with E-state index in [9.17, 15) is 9.59 Å².